The van der Waals surface area contributed by atoms with Gasteiger partial charge in [-0.15, -0.1) is 0 Å². The van der Waals surface area contributed by atoms with Gasteiger partial charge in [-0.2, -0.15) is 0 Å². The first-order chi connectivity index (χ1) is 23.6. The van der Waals surface area contributed by atoms with Crippen molar-refractivity contribution in [2.45, 2.75) is 44.4 Å². The third-order valence-corrected chi connectivity index (χ3v) is 11.6. The molecule has 4 heterocycles. The fourth-order valence-electron chi connectivity index (χ4n) is 9.72. The highest BCUT2D eigenvalue weighted by Gasteiger charge is 2.70. The van der Waals surface area contributed by atoms with Crippen molar-refractivity contribution in [2.75, 3.05) is 19.6 Å². The molecule has 5 aromatic rings. The van der Waals surface area contributed by atoms with Crippen molar-refractivity contribution in [2.24, 2.45) is 10.4 Å². The summed E-state index contributed by atoms with van der Waals surface area (Å²) < 4.78 is 0. The second kappa shape index (κ2) is 10.5. The first kappa shape index (κ1) is 28.7. The van der Waals surface area contributed by atoms with Gasteiger partial charge in [0.05, 0.1) is 22.5 Å². The molecule has 0 saturated heterocycles. The van der Waals surface area contributed by atoms with Crippen molar-refractivity contribution >= 4 is 40.8 Å². The Balaban J connectivity index is 1.45. The maximum atomic E-state index is 4.80. The van der Waals surface area contributed by atoms with Crippen molar-refractivity contribution in [1.82, 2.24) is 0 Å². The largest absolute Gasteiger partial charge is 0.317 e. The molecule has 4 aliphatic heterocycles. The molecule has 0 radical (unpaired) electrons. The van der Waals surface area contributed by atoms with Crippen LogP contribution in [0, 0.1) is 5.41 Å². The molecule has 48 heavy (non-hydrogen) atoms. The van der Waals surface area contributed by atoms with Crippen LogP contribution in [0.3, 0.4) is 0 Å². The Labute approximate surface area is 283 Å². The summed E-state index contributed by atoms with van der Waals surface area (Å²) in [5.74, 6) is 0.840. The highest BCUT2D eigenvalue weighted by Crippen LogP contribution is 2.68. The average molecular weight is 626 g/mol. The summed E-state index contributed by atoms with van der Waals surface area (Å²) in [6, 6.07) is 48.8. The zero-order chi connectivity index (χ0) is 32.6. The minimum atomic E-state index is -0.458. The Hall–Kier alpha value is -5.55. The summed E-state index contributed by atoms with van der Waals surface area (Å²) in [5.41, 5.74) is 10.1. The van der Waals surface area contributed by atoms with Gasteiger partial charge in [0.25, 0.3) is 0 Å². The van der Waals surface area contributed by atoms with Gasteiger partial charge in [0.2, 0.25) is 0 Å². The summed E-state index contributed by atoms with van der Waals surface area (Å²) >= 11 is 0. The first-order valence-electron chi connectivity index (χ1n) is 17.0. The lowest BCUT2D eigenvalue weighted by atomic mass is 9.52. The van der Waals surface area contributed by atoms with E-state index in [9.17, 15) is 0 Å². The molecule has 4 aliphatic rings. The molecular weight excluding hydrogens is 587 g/mol. The Kier molecular flexibility index (Phi) is 6.26. The minimum absolute atomic E-state index is 0.108. The molecule has 5 nitrogen and oxygen atoms in total. The number of hydrogen-bond donors (Lipinski definition) is 0. The summed E-state index contributed by atoms with van der Waals surface area (Å²) in [7, 11) is 0. The van der Waals surface area contributed by atoms with Crippen molar-refractivity contribution < 1.29 is 0 Å². The highest BCUT2D eigenvalue weighted by atomic mass is 15.5. The summed E-state index contributed by atoms with van der Waals surface area (Å²) in [6.45, 7) is 13.5. The van der Waals surface area contributed by atoms with Crippen LogP contribution in [-0.2, 0) is 11.8 Å². The molecule has 4 unspecified atom stereocenters. The van der Waals surface area contributed by atoms with Crippen LogP contribution in [0.4, 0.5) is 34.1 Å². The van der Waals surface area contributed by atoms with E-state index < -0.39 is 5.41 Å². The molecule has 9 rings (SSSR count). The van der Waals surface area contributed by atoms with Crippen LogP contribution in [0.1, 0.15) is 31.4 Å². The number of allylic oxidation sites excluding steroid dienone is 1. The average Bonchev–Trinajstić information content (AvgIpc) is 3.65. The smallest absolute Gasteiger partial charge is 0.158 e. The third-order valence-electron chi connectivity index (χ3n) is 11.6. The molecular formula is C43H39N5. The van der Waals surface area contributed by atoms with Crippen LogP contribution in [0.5, 0.6) is 0 Å². The molecule has 4 atom stereocenters. The summed E-state index contributed by atoms with van der Waals surface area (Å²) in [6.07, 6.45) is 3.55. The van der Waals surface area contributed by atoms with Crippen LogP contribution in [0.2, 0.25) is 0 Å². The second-order valence-corrected chi connectivity index (χ2v) is 13.5. The van der Waals surface area contributed by atoms with Crippen LogP contribution in [0.25, 0.3) is 0 Å². The maximum absolute atomic E-state index is 4.80. The predicted molar refractivity (Wildman–Crippen MR) is 200 cm³/mol. The van der Waals surface area contributed by atoms with Crippen molar-refractivity contribution in [3.8, 4) is 0 Å². The fourth-order valence-corrected chi connectivity index (χ4v) is 9.72. The molecule has 0 aromatic heterocycles. The SMILES string of the molecule is C=CC1=C(N=C)N2c3ccccc3C3(CC)Cc4ccccc4N4c5ccccc5N(c5ccccc5)C4C3(C)C2N1c1ccccc1. The van der Waals surface area contributed by atoms with E-state index in [0.717, 1.165) is 30.0 Å². The molecule has 0 bridgehead atoms. The molecule has 5 heteroatoms. The van der Waals surface area contributed by atoms with E-state index in [1.54, 1.807) is 0 Å². The van der Waals surface area contributed by atoms with Gasteiger partial charge in [-0.05, 0) is 85.3 Å². The molecule has 0 fully saturated rings. The van der Waals surface area contributed by atoms with Crippen molar-refractivity contribution in [3.63, 3.8) is 0 Å². The van der Waals surface area contributed by atoms with E-state index in [1.807, 2.05) is 6.08 Å². The van der Waals surface area contributed by atoms with E-state index in [-0.39, 0.29) is 17.7 Å². The van der Waals surface area contributed by atoms with Crippen LogP contribution in [0.15, 0.2) is 163 Å². The zero-order valence-electron chi connectivity index (χ0n) is 27.5. The fraction of sp³-hybridized carbons (Fsp3) is 0.186. The molecule has 0 amide bonds. The zero-order valence-corrected chi connectivity index (χ0v) is 27.5. The van der Waals surface area contributed by atoms with Gasteiger partial charge in [-0.1, -0.05) is 105 Å². The molecule has 0 aliphatic carbocycles. The molecule has 5 aromatic carbocycles. The van der Waals surface area contributed by atoms with Gasteiger partial charge < -0.3 is 19.6 Å². The monoisotopic (exact) mass is 625 g/mol. The number of nitrogens with zero attached hydrogens (tertiary/aromatic N) is 5. The van der Waals surface area contributed by atoms with Gasteiger partial charge in [0.15, 0.2) is 5.82 Å². The van der Waals surface area contributed by atoms with E-state index in [1.165, 1.54) is 39.6 Å². The number of rotatable bonds is 5. The van der Waals surface area contributed by atoms with Crippen molar-refractivity contribution in [3.05, 3.63) is 169 Å². The predicted octanol–water partition coefficient (Wildman–Crippen LogP) is 9.93. The Morgan fingerprint density at radius 1 is 0.646 bits per heavy atom. The lowest BCUT2D eigenvalue weighted by Gasteiger charge is -2.63. The second-order valence-electron chi connectivity index (χ2n) is 13.5. The third kappa shape index (κ3) is 3.48. The van der Waals surface area contributed by atoms with E-state index in [2.05, 4.69) is 180 Å². The van der Waals surface area contributed by atoms with Gasteiger partial charge in [-0.25, -0.2) is 4.99 Å². The summed E-state index contributed by atoms with van der Waals surface area (Å²) in [4.78, 5) is 15.0. The van der Waals surface area contributed by atoms with Gasteiger partial charge in [-0.3, -0.25) is 0 Å². The molecule has 0 saturated carbocycles. The topological polar surface area (TPSA) is 25.3 Å². The Morgan fingerprint density at radius 3 is 1.79 bits per heavy atom. The van der Waals surface area contributed by atoms with Gasteiger partial charge in [0.1, 0.15) is 12.3 Å². The van der Waals surface area contributed by atoms with Gasteiger partial charge in [0, 0.05) is 28.2 Å². The van der Waals surface area contributed by atoms with E-state index >= 15 is 0 Å². The quantitative estimate of drug-likeness (QED) is 0.182. The number of para-hydroxylation sites is 6. The Morgan fingerprint density at radius 2 is 1.17 bits per heavy atom. The minimum Gasteiger partial charge on any atom is -0.317 e. The summed E-state index contributed by atoms with van der Waals surface area (Å²) in [5, 5.41) is 0. The van der Waals surface area contributed by atoms with Crippen LogP contribution in [-0.4, -0.2) is 19.0 Å². The number of fused-ring (bicyclic) bond motifs is 12. The molecule has 236 valence electrons. The number of hydrogen-bond acceptors (Lipinski definition) is 5. The molecule has 0 spiro atoms. The lowest BCUT2D eigenvalue weighted by Crippen LogP contribution is -2.72. The number of aliphatic imine (C=N–C) groups is 1. The highest BCUT2D eigenvalue weighted by molar-refractivity contribution is 5.91. The normalized spacial score (nSPS) is 25.0. The van der Waals surface area contributed by atoms with Gasteiger partial charge >= 0.3 is 0 Å². The van der Waals surface area contributed by atoms with E-state index in [4.69, 9.17) is 4.99 Å². The van der Waals surface area contributed by atoms with E-state index in [0.29, 0.717) is 0 Å². The molecule has 0 N–H and O–H groups in total. The number of benzene rings is 5. The Bertz CT molecular complexity index is 2100. The van der Waals surface area contributed by atoms with Crippen molar-refractivity contribution in [1.29, 1.82) is 0 Å². The van der Waals surface area contributed by atoms with Crippen LogP contribution >= 0.6 is 0 Å². The lowest BCUT2D eigenvalue weighted by molar-refractivity contribution is 0.0618. The standard InChI is InChI=1S/C43H39N5/c1-5-34-39(44-4)48-36-26-16-14-24-33(36)43(6-2)29-30-19-13-15-25-35(30)47-38-28-18-17-27-37(38)46(32-22-11-8-12-23-32)40(47)42(43,3)41(48)45(34)31-20-9-7-10-21-31/h5,7-28,40-41H,1,4,6,29H2,2-3H3. The number of anilines is 6. The van der Waals surface area contributed by atoms with Crippen LogP contribution < -0.4 is 19.6 Å². The first-order valence-corrected chi connectivity index (χ1v) is 17.0. The maximum Gasteiger partial charge on any atom is 0.158 e.